The van der Waals surface area contributed by atoms with Gasteiger partial charge in [0, 0.05) is 11.1 Å². The van der Waals surface area contributed by atoms with Crippen LogP contribution < -0.4 is 0 Å². The number of allylic oxidation sites excluding steroid dienone is 5. The van der Waals surface area contributed by atoms with E-state index in [4.69, 9.17) is 5.26 Å². The maximum atomic E-state index is 8.67. The van der Waals surface area contributed by atoms with Crippen LogP contribution in [0.25, 0.3) is 0 Å². The lowest BCUT2D eigenvalue weighted by Gasteiger charge is -1.90. The second-order valence-corrected chi connectivity index (χ2v) is 3.28. The van der Waals surface area contributed by atoms with Crippen LogP contribution in [0.2, 0.25) is 0 Å². The van der Waals surface area contributed by atoms with Crippen LogP contribution in [0.4, 0.5) is 0 Å². The predicted octanol–water partition coefficient (Wildman–Crippen LogP) is 3.60. The van der Waals surface area contributed by atoms with Gasteiger partial charge in [0.2, 0.25) is 0 Å². The van der Waals surface area contributed by atoms with Crippen LogP contribution in [0.15, 0.2) is 60.7 Å². The molecule has 0 aliphatic carbocycles. The SMILES string of the molecule is C=C/C=C\C(C#Cc1ccc(C#N)cc1)=C/C. The molecular formula is C16H13N. The van der Waals surface area contributed by atoms with Crippen LogP contribution >= 0.6 is 0 Å². The summed E-state index contributed by atoms with van der Waals surface area (Å²) in [6.45, 7) is 5.55. The molecule has 0 saturated carbocycles. The number of nitriles is 1. The molecule has 0 fully saturated rings. The van der Waals surface area contributed by atoms with Crippen molar-refractivity contribution in [2.24, 2.45) is 0 Å². The molecule has 0 aliphatic rings. The van der Waals surface area contributed by atoms with E-state index >= 15 is 0 Å². The van der Waals surface area contributed by atoms with Crippen LogP contribution in [0.1, 0.15) is 18.1 Å². The molecule has 17 heavy (non-hydrogen) atoms. The lowest BCUT2D eigenvalue weighted by Crippen LogP contribution is -1.77. The molecule has 1 aromatic rings. The first-order valence-corrected chi connectivity index (χ1v) is 5.27. The van der Waals surface area contributed by atoms with E-state index in [1.165, 1.54) is 0 Å². The van der Waals surface area contributed by atoms with Gasteiger partial charge < -0.3 is 0 Å². The zero-order chi connectivity index (χ0) is 12.5. The standard InChI is InChI=1S/C16H13N/c1-3-5-6-14(4-2)7-8-15-9-11-16(13-17)12-10-15/h3-6,9-12H,1H2,2H3/b6-5-,14-4+. The molecule has 0 N–H and O–H groups in total. The Kier molecular flexibility index (Phi) is 5.08. The van der Waals surface area contributed by atoms with Crippen LogP contribution in [0, 0.1) is 23.2 Å². The number of hydrogen-bond donors (Lipinski definition) is 0. The fourth-order valence-electron chi connectivity index (χ4n) is 1.15. The van der Waals surface area contributed by atoms with Crippen molar-refractivity contribution in [3.63, 3.8) is 0 Å². The zero-order valence-corrected chi connectivity index (χ0v) is 9.77. The zero-order valence-electron chi connectivity index (χ0n) is 9.77. The molecule has 0 spiro atoms. The minimum atomic E-state index is 0.647. The topological polar surface area (TPSA) is 23.8 Å². The Morgan fingerprint density at radius 2 is 1.88 bits per heavy atom. The third kappa shape index (κ3) is 4.24. The van der Waals surface area contributed by atoms with E-state index in [1.807, 2.05) is 37.3 Å². The van der Waals surface area contributed by atoms with E-state index in [-0.39, 0.29) is 0 Å². The van der Waals surface area contributed by atoms with Gasteiger partial charge in [0.25, 0.3) is 0 Å². The molecular weight excluding hydrogens is 206 g/mol. The summed E-state index contributed by atoms with van der Waals surface area (Å²) in [6.07, 6.45) is 7.41. The van der Waals surface area contributed by atoms with Gasteiger partial charge in [-0.15, -0.1) is 0 Å². The molecule has 1 aromatic carbocycles. The van der Waals surface area contributed by atoms with Crippen LogP contribution in [0.3, 0.4) is 0 Å². The molecule has 0 unspecified atom stereocenters. The highest BCUT2D eigenvalue weighted by atomic mass is 14.2. The van der Waals surface area contributed by atoms with Gasteiger partial charge in [-0.25, -0.2) is 0 Å². The van der Waals surface area contributed by atoms with Gasteiger partial charge in [-0.05, 0) is 37.3 Å². The van der Waals surface area contributed by atoms with Gasteiger partial charge in [0.1, 0.15) is 0 Å². The quantitative estimate of drug-likeness (QED) is 0.550. The highest BCUT2D eigenvalue weighted by molar-refractivity contribution is 5.46. The molecule has 1 nitrogen and oxygen atoms in total. The van der Waals surface area contributed by atoms with Crippen molar-refractivity contribution < 1.29 is 0 Å². The summed E-state index contributed by atoms with van der Waals surface area (Å²) >= 11 is 0. The molecule has 0 heterocycles. The van der Waals surface area contributed by atoms with Crippen molar-refractivity contribution >= 4 is 0 Å². The van der Waals surface area contributed by atoms with Crippen LogP contribution in [-0.2, 0) is 0 Å². The monoisotopic (exact) mass is 219 g/mol. The van der Waals surface area contributed by atoms with Crippen molar-refractivity contribution in [1.82, 2.24) is 0 Å². The van der Waals surface area contributed by atoms with Gasteiger partial charge >= 0.3 is 0 Å². The van der Waals surface area contributed by atoms with E-state index in [0.717, 1.165) is 11.1 Å². The second kappa shape index (κ2) is 6.88. The summed E-state index contributed by atoms with van der Waals surface area (Å²) in [6, 6.07) is 9.29. The van der Waals surface area contributed by atoms with Crippen molar-refractivity contribution in [3.8, 4) is 17.9 Å². The predicted molar refractivity (Wildman–Crippen MR) is 71.1 cm³/mol. The Hall–Kier alpha value is -2.51. The average Bonchev–Trinajstić information content (AvgIpc) is 2.39. The summed E-state index contributed by atoms with van der Waals surface area (Å²) in [5, 5.41) is 8.67. The third-order valence-electron chi connectivity index (χ3n) is 2.09. The number of hydrogen-bond acceptors (Lipinski definition) is 1. The first-order valence-electron chi connectivity index (χ1n) is 5.27. The largest absolute Gasteiger partial charge is 0.192 e. The van der Waals surface area contributed by atoms with Gasteiger partial charge in [-0.2, -0.15) is 5.26 Å². The normalized spacial score (nSPS) is 10.5. The Balaban J connectivity index is 2.87. The van der Waals surface area contributed by atoms with E-state index in [2.05, 4.69) is 24.5 Å². The van der Waals surface area contributed by atoms with Gasteiger partial charge in [-0.1, -0.05) is 36.6 Å². The molecule has 0 atom stereocenters. The Labute approximate surface area is 102 Å². The molecule has 0 amide bonds. The van der Waals surface area contributed by atoms with Crippen molar-refractivity contribution in [2.75, 3.05) is 0 Å². The molecule has 0 aromatic heterocycles. The first-order chi connectivity index (χ1) is 8.30. The third-order valence-corrected chi connectivity index (χ3v) is 2.09. The minimum Gasteiger partial charge on any atom is -0.192 e. The number of rotatable bonds is 2. The van der Waals surface area contributed by atoms with Crippen LogP contribution in [0.5, 0.6) is 0 Å². The minimum absolute atomic E-state index is 0.647. The summed E-state index contributed by atoms with van der Waals surface area (Å²) in [7, 11) is 0. The fraction of sp³-hybridized carbons (Fsp3) is 0.0625. The summed E-state index contributed by atoms with van der Waals surface area (Å²) in [5.74, 6) is 6.09. The molecule has 0 radical (unpaired) electrons. The fourth-order valence-corrected chi connectivity index (χ4v) is 1.15. The van der Waals surface area contributed by atoms with Crippen molar-refractivity contribution in [1.29, 1.82) is 5.26 Å². The van der Waals surface area contributed by atoms with Crippen molar-refractivity contribution in [2.45, 2.75) is 6.92 Å². The Morgan fingerprint density at radius 3 is 2.41 bits per heavy atom. The van der Waals surface area contributed by atoms with E-state index in [1.54, 1.807) is 18.2 Å². The second-order valence-electron chi connectivity index (χ2n) is 3.28. The molecule has 0 saturated heterocycles. The first kappa shape index (κ1) is 12.6. The Bertz CT molecular complexity index is 540. The van der Waals surface area contributed by atoms with Crippen LogP contribution in [-0.4, -0.2) is 0 Å². The van der Waals surface area contributed by atoms with E-state index in [9.17, 15) is 0 Å². The maximum Gasteiger partial charge on any atom is 0.0991 e. The highest BCUT2D eigenvalue weighted by Crippen LogP contribution is 2.02. The summed E-state index contributed by atoms with van der Waals surface area (Å²) in [4.78, 5) is 0. The van der Waals surface area contributed by atoms with Gasteiger partial charge in [-0.3, -0.25) is 0 Å². The van der Waals surface area contributed by atoms with Gasteiger partial charge in [0.05, 0.1) is 11.6 Å². The summed E-state index contributed by atoms with van der Waals surface area (Å²) < 4.78 is 0. The number of benzene rings is 1. The molecule has 1 rings (SSSR count). The van der Waals surface area contributed by atoms with E-state index in [0.29, 0.717) is 5.56 Å². The smallest absolute Gasteiger partial charge is 0.0991 e. The van der Waals surface area contributed by atoms with Crippen molar-refractivity contribution in [3.05, 3.63) is 71.8 Å². The van der Waals surface area contributed by atoms with E-state index < -0.39 is 0 Å². The molecule has 82 valence electrons. The number of nitrogens with zero attached hydrogens (tertiary/aromatic N) is 1. The maximum absolute atomic E-state index is 8.67. The molecule has 0 bridgehead atoms. The lowest BCUT2D eigenvalue weighted by atomic mass is 10.1. The average molecular weight is 219 g/mol. The van der Waals surface area contributed by atoms with Gasteiger partial charge in [0.15, 0.2) is 0 Å². The Morgan fingerprint density at radius 1 is 1.24 bits per heavy atom. The molecule has 0 aliphatic heterocycles. The lowest BCUT2D eigenvalue weighted by molar-refractivity contribution is 1.48. The molecule has 1 heteroatoms. The highest BCUT2D eigenvalue weighted by Gasteiger charge is 1.89. The summed E-state index contributed by atoms with van der Waals surface area (Å²) in [5.41, 5.74) is 2.48.